The van der Waals surface area contributed by atoms with E-state index >= 15 is 0 Å². The molecule has 0 aromatic heterocycles. The first kappa shape index (κ1) is 18.8. The van der Waals surface area contributed by atoms with Gasteiger partial charge in [0.2, 0.25) is 0 Å². The number of benzene rings is 3. The molecule has 0 unspecified atom stereocenters. The van der Waals surface area contributed by atoms with E-state index in [1.54, 1.807) is 0 Å². The van der Waals surface area contributed by atoms with E-state index in [4.69, 9.17) is 0 Å². The van der Waals surface area contributed by atoms with E-state index in [1.807, 2.05) is 0 Å². The molecule has 1 saturated carbocycles. The molecule has 0 atom stereocenters. The van der Waals surface area contributed by atoms with Crippen LogP contribution in [0.4, 0.5) is 0 Å². The maximum atomic E-state index is 2.80. The van der Waals surface area contributed by atoms with Crippen molar-refractivity contribution in [3.05, 3.63) is 91.0 Å². The molecule has 1 fully saturated rings. The molecule has 3 aromatic carbocycles. The molecule has 0 radical (unpaired) electrons. The molecule has 0 bridgehead atoms. The SMILES string of the molecule is c1ccc([P-]N(C2CCCCC2)P(c2ccccc2)c2ccccc2)cc1. The molecule has 0 saturated heterocycles. The highest BCUT2D eigenvalue weighted by Crippen LogP contribution is 2.50. The minimum absolute atomic E-state index is 0.540. The summed E-state index contributed by atoms with van der Waals surface area (Å²) < 4.78 is 2.80. The van der Waals surface area contributed by atoms with E-state index in [0.29, 0.717) is 6.04 Å². The van der Waals surface area contributed by atoms with Gasteiger partial charge in [-0.3, -0.25) is 0 Å². The molecule has 3 heteroatoms. The van der Waals surface area contributed by atoms with Crippen molar-refractivity contribution in [3.63, 3.8) is 0 Å². The van der Waals surface area contributed by atoms with Crippen LogP contribution in [0.3, 0.4) is 0 Å². The van der Waals surface area contributed by atoms with Gasteiger partial charge in [-0.15, -0.1) is 0 Å². The Morgan fingerprint density at radius 2 is 1.11 bits per heavy atom. The standard InChI is InChI=1S/C24H26NP2/c1-5-13-21(14-6-1)25(26-22-15-7-2-8-16-22)27(23-17-9-3-10-18-23)24-19-11-4-12-20-24/h2-4,7-12,15-21H,1,5-6,13-14H2/q-1. The van der Waals surface area contributed by atoms with E-state index in [1.165, 1.54) is 56.7 Å². The molecule has 0 amide bonds. The minimum Gasteiger partial charge on any atom is -0.425 e. The fourth-order valence-electron chi connectivity index (χ4n) is 3.74. The molecule has 27 heavy (non-hydrogen) atoms. The second-order valence-corrected chi connectivity index (χ2v) is 10.6. The number of hydrogen-bond donors (Lipinski definition) is 0. The normalized spacial score (nSPS) is 15.8. The molecular formula is C24H26NP2-. The van der Waals surface area contributed by atoms with Gasteiger partial charge in [0.1, 0.15) is 0 Å². The summed E-state index contributed by atoms with van der Waals surface area (Å²) in [4.78, 5) is 0. The molecular weight excluding hydrogens is 364 g/mol. The lowest BCUT2D eigenvalue weighted by molar-refractivity contribution is 0.357. The maximum absolute atomic E-state index is 2.80. The van der Waals surface area contributed by atoms with E-state index in [2.05, 4.69) is 95.4 Å². The summed E-state index contributed by atoms with van der Waals surface area (Å²) in [5, 5.41) is 4.29. The second kappa shape index (κ2) is 9.61. The average Bonchev–Trinajstić information content (AvgIpc) is 2.76. The molecule has 0 spiro atoms. The Kier molecular flexibility index (Phi) is 6.70. The van der Waals surface area contributed by atoms with Gasteiger partial charge < -0.3 is 13.2 Å². The first-order chi connectivity index (χ1) is 13.4. The van der Waals surface area contributed by atoms with Crippen LogP contribution in [0.5, 0.6) is 0 Å². The molecule has 0 N–H and O–H groups in total. The van der Waals surface area contributed by atoms with Gasteiger partial charge in [0.05, 0.1) is 0 Å². The zero-order chi connectivity index (χ0) is 18.3. The number of nitrogens with zero attached hydrogens (tertiary/aromatic N) is 1. The van der Waals surface area contributed by atoms with Crippen molar-refractivity contribution < 1.29 is 0 Å². The van der Waals surface area contributed by atoms with Gasteiger partial charge in [0, 0.05) is 0 Å². The van der Waals surface area contributed by atoms with Crippen molar-refractivity contribution >= 4 is 32.7 Å². The predicted octanol–water partition coefficient (Wildman–Crippen LogP) is 5.86. The van der Waals surface area contributed by atoms with Gasteiger partial charge in [0.15, 0.2) is 0 Å². The van der Waals surface area contributed by atoms with Crippen LogP contribution < -0.4 is 15.9 Å². The summed E-state index contributed by atoms with van der Waals surface area (Å²) in [5.41, 5.74) is 0. The summed E-state index contributed by atoms with van der Waals surface area (Å²) in [6, 6.07) is 33.9. The molecule has 3 aromatic rings. The lowest BCUT2D eigenvalue weighted by Crippen LogP contribution is -2.34. The number of hydrogen-bond acceptors (Lipinski definition) is 1. The monoisotopic (exact) mass is 390 g/mol. The van der Waals surface area contributed by atoms with Gasteiger partial charge in [-0.25, -0.2) is 0 Å². The Hall–Kier alpha value is -1.52. The molecule has 1 aliphatic rings. The number of rotatable bonds is 6. The molecule has 1 aliphatic carbocycles. The lowest BCUT2D eigenvalue weighted by atomic mass is 9.96. The van der Waals surface area contributed by atoms with Crippen LogP contribution in [-0.2, 0) is 0 Å². The van der Waals surface area contributed by atoms with Crippen molar-refractivity contribution in [1.29, 1.82) is 0 Å². The Balaban J connectivity index is 1.75. The Labute approximate surface area is 166 Å². The van der Waals surface area contributed by atoms with E-state index in [-0.39, 0.29) is 0 Å². The van der Waals surface area contributed by atoms with Gasteiger partial charge in [-0.05, 0) is 37.6 Å². The zero-order valence-corrected chi connectivity index (χ0v) is 17.4. The van der Waals surface area contributed by atoms with E-state index < -0.39 is 8.07 Å². The van der Waals surface area contributed by atoms with Crippen LogP contribution in [0, 0.1) is 0 Å². The van der Waals surface area contributed by atoms with Gasteiger partial charge in [-0.1, -0.05) is 110 Å². The molecule has 4 rings (SSSR count). The molecule has 0 heterocycles. The molecule has 138 valence electrons. The van der Waals surface area contributed by atoms with Crippen molar-refractivity contribution in [2.75, 3.05) is 0 Å². The minimum atomic E-state index is -0.540. The fraction of sp³-hybridized carbons (Fsp3) is 0.250. The Bertz CT molecular complexity index is 762. The Morgan fingerprint density at radius 3 is 1.63 bits per heavy atom. The van der Waals surface area contributed by atoms with Gasteiger partial charge >= 0.3 is 0 Å². The van der Waals surface area contributed by atoms with Gasteiger partial charge in [0.25, 0.3) is 0 Å². The van der Waals surface area contributed by atoms with Crippen LogP contribution >= 0.6 is 16.8 Å². The first-order valence-electron chi connectivity index (χ1n) is 9.88. The predicted molar refractivity (Wildman–Crippen MR) is 121 cm³/mol. The highest BCUT2D eigenvalue weighted by molar-refractivity contribution is 7.77. The van der Waals surface area contributed by atoms with Crippen molar-refractivity contribution in [1.82, 2.24) is 4.44 Å². The van der Waals surface area contributed by atoms with Crippen molar-refractivity contribution in [3.8, 4) is 0 Å². The third kappa shape index (κ3) is 4.85. The highest BCUT2D eigenvalue weighted by atomic mass is 31.2. The van der Waals surface area contributed by atoms with Crippen molar-refractivity contribution in [2.45, 2.75) is 38.1 Å². The first-order valence-corrected chi connectivity index (χ1v) is 12.0. The third-order valence-electron chi connectivity index (χ3n) is 5.08. The van der Waals surface area contributed by atoms with Crippen LogP contribution in [0.1, 0.15) is 32.1 Å². The van der Waals surface area contributed by atoms with Crippen LogP contribution in [0.15, 0.2) is 91.0 Å². The van der Waals surface area contributed by atoms with Crippen LogP contribution in [-0.4, -0.2) is 10.5 Å². The van der Waals surface area contributed by atoms with Gasteiger partial charge in [-0.2, -0.15) is 5.30 Å². The van der Waals surface area contributed by atoms with Crippen LogP contribution in [0.25, 0.3) is 0 Å². The summed E-state index contributed by atoms with van der Waals surface area (Å²) in [6.45, 7) is 0. The average molecular weight is 390 g/mol. The summed E-state index contributed by atoms with van der Waals surface area (Å²) in [6.07, 6.45) is 6.74. The zero-order valence-electron chi connectivity index (χ0n) is 15.6. The largest absolute Gasteiger partial charge is 0.425 e. The maximum Gasteiger partial charge on any atom is -0.000879 e. The van der Waals surface area contributed by atoms with E-state index in [0.717, 1.165) is 0 Å². The quantitative estimate of drug-likeness (QED) is 0.477. The topological polar surface area (TPSA) is 3.24 Å². The smallest absolute Gasteiger partial charge is 0.000879 e. The fourth-order valence-corrected chi connectivity index (χ4v) is 8.20. The Morgan fingerprint density at radius 1 is 0.630 bits per heavy atom. The summed E-state index contributed by atoms with van der Waals surface area (Å²) in [7, 11) is 0.798. The lowest BCUT2D eigenvalue weighted by Gasteiger charge is -2.50. The molecule has 1 nitrogen and oxygen atoms in total. The van der Waals surface area contributed by atoms with Crippen LogP contribution in [0.2, 0.25) is 0 Å². The summed E-state index contributed by atoms with van der Waals surface area (Å²) >= 11 is 0. The third-order valence-corrected chi connectivity index (χ3v) is 9.26. The highest BCUT2D eigenvalue weighted by Gasteiger charge is 2.24. The second-order valence-electron chi connectivity index (χ2n) is 7.03. The summed E-state index contributed by atoms with van der Waals surface area (Å²) in [5.74, 6) is 0. The molecule has 0 aliphatic heterocycles. The van der Waals surface area contributed by atoms with Crippen molar-refractivity contribution in [2.24, 2.45) is 0 Å². The van der Waals surface area contributed by atoms with E-state index in [9.17, 15) is 0 Å².